The highest BCUT2D eigenvalue weighted by Crippen LogP contribution is 2.20. The first-order valence-corrected chi connectivity index (χ1v) is 9.08. The third-order valence-corrected chi connectivity index (χ3v) is 4.17. The summed E-state index contributed by atoms with van der Waals surface area (Å²) in [5.74, 6) is 1.71. The van der Waals surface area contributed by atoms with Gasteiger partial charge in [0.2, 0.25) is 0 Å². The van der Waals surface area contributed by atoms with E-state index in [1.807, 2.05) is 18.2 Å². The van der Waals surface area contributed by atoms with E-state index in [1.165, 1.54) is 25.7 Å². The predicted molar refractivity (Wildman–Crippen MR) is 114 cm³/mol. The van der Waals surface area contributed by atoms with Crippen LogP contribution < -0.4 is 15.4 Å². The number of nitrogens with one attached hydrogen (secondary N) is 2. The number of halogens is 1. The maximum Gasteiger partial charge on any atom is 0.191 e. The van der Waals surface area contributed by atoms with Gasteiger partial charge in [0, 0.05) is 19.7 Å². The zero-order valence-corrected chi connectivity index (χ0v) is 17.8. The molecule has 0 bridgehead atoms. The largest absolute Gasteiger partial charge is 0.497 e. The number of ether oxygens (including phenoxy) is 2. The van der Waals surface area contributed by atoms with E-state index < -0.39 is 0 Å². The molecule has 0 unspecified atom stereocenters. The summed E-state index contributed by atoms with van der Waals surface area (Å²) in [5.41, 5.74) is 1.14. The van der Waals surface area contributed by atoms with Gasteiger partial charge in [-0.25, -0.2) is 4.99 Å². The molecule has 1 aromatic carbocycles. The van der Waals surface area contributed by atoms with Gasteiger partial charge in [-0.2, -0.15) is 0 Å². The average molecular weight is 461 g/mol. The Balaban J connectivity index is 0.00000312. The predicted octanol–water partition coefficient (Wildman–Crippen LogP) is 3.72. The summed E-state index contributed by atoms with van der Waals surface area (Å²) in [7, 11) is 1.68. The first-order chi connectivity index (χ1) is 11.8. The molecule has 0 aromatic heterocycles. The Morgan fingerprint density at radius 2 is 2.04 bits per heavy atom. The van der Waals surface area contributed by atoms with Crippen LogP contribution >= 0.6 is 24.0 Å². The number of aliphatic imine (C=N–C) groups is 1. The highest BCUT2D eigenvalue weighted by Gasteiger charge is 2.14. The molecule has 0 heterocycles. The molecule has 1 saturated carbocycles. The maximum atomic E-state index is 5.89. The normalized spacial score (nSPS) is 14.9. The second-order valence-corrected chi connectivity index (χ2v) is 6.10. The third kappa shape index (κ3) is 8.76. The molecular formula is C19H32IN3O2. The molecule has 1 aliphatic rings. The standard InChI is InChI=1S/C19H31N3O2.HI/c1-3-20-19(21-12-7-13-24-17-9-4-5-10-17)22-15-16-8-6-11-18(14-16)23-2;/h6,8,11,14,17H,3-5,7,9-10,12-13,15H2,1-2H3,(H2,20,21,22);1H. The van der Waals surface area contributed by atoms with E-state index in [9.17, 15) is 0 Å². The van der Waals surface area contributed by atoms with Crippen molar-refractivity contribution in [3.8, 4) is 5.75 Å². The van der Waals surface area contributed by atoms with Crippen molar-refractivity contribution in [1.82, 2.24) is 10.6 Å². The van der Waals surface area contributed by atoms with Crippen molar-refractivity contribution < 1.29 is 9.47 Å². The molecule has 0 saturated heterocycles. The van der Waals surface area contributed by atoms with Gasteiger partial charge in [0.25, 0.3) is 0 Å². The van der Waals surface area contributed by atoms with Gasteiger partial charge in [0.05, 0.1) is 19.8 Å². The van der Waals surface area contributed by atoms with Gasteiger partial charge in [0.1, 0.15) is 5.75 Å². The van der Waals surface area contributed by atoms with Crippen LogP contribution in [-0.2, 0) is 11.3 Å². The molecule has 142 valence electrons. The highest BCUT2D eigenvalue weighted by atomic mass is 127. The Morgan fingerprint density at radius 1 is 1.24 bits per heavy atom. The molecule has 6 heteroatoms. The molecule has 2 rings (SSSR count). The summed E-state index contributed by atoms with van der Waals surface area (Å²) in [6.07, 6.45) is 6.62. The van der Waals surface area contributed by atoms with Crippen LogP contribution in [0, 0.1) is 0 Å². The van der Waals surface area contributed by atoms with Crippen molar-refractivity contribution >= 4 is 29.9 Å². The minimum atomic E-state index is 0. The van der Waals surface area contributed by atoms with Gasteiger partial charge in [-0.3, -0.25) is 0 Å². The smallest absolute Gasteiger partial charge is 0.191 e. The van der Waals surface area contributed by atoms with E-state index in [1.54, 1.807) is 7.11 Å². The summed E-state index contributed by atoms with van der Waals surface area (Å²) in [5, 5.41) is 6.65. The van der Waals surface area contributed by atoms with Crippen molar-refractivity contribution in [3.05, 3.63) is 29.8 Å². The summed E-state index contributed by atoms with van der Waals surface area (Å²) >= 11 is 0. The van der Waals surface area contributed by atoms with E-state index in [2.05, 4.69) is 28.6 Å². The number of guanidine groups is 1. The molecule has 0 atom stereocenters. The minimum absolute atomic E-state index is 0. The van der Waals surface area contributed by atoms with Gasteiger partial charge in [-0.1, -0.05) is 25.0 Å². The lowest BCUT2D eigenvalue weighted by atomic mass is 10.2. The molecule has 1 aliphatic carbocycles. The van der Waals surface area contributed by atoms with Crippen LogP contribution in [-0.4, -0.2) is 38.9 Å². The van der Waals surface area contributed by atoms with Gasteiger partial charge < -0.3 is 20.1 Å². The number of rotatable bonds is 9. The van der Waals surface area contributed by atoms with Crippen molar-refractivity contribution in [1.29, 1.82) is 0 Å². The topological polar surface area (TPSA) is 54.9 Å². The Morgan fingerprint density at radius 3 is 2.76 bits per heavy atom. The zero-order valence-electron chi connectivity index (χ0n) is 15.4. The van der Waals surface area contributed by atoms with Crippen LogP contribution in [0.3, 0.4) is 0 Å². The Hall–Kier alpha value is -1.02. The summed E-state index contributed by atoms with van der Waals surface area (Å²) < 4.78 is 11.1. The summed E-state index contributed by atoms with van der Waals surface area (Å²) in [6, 6.07) is 8.01. The van der Waals surface area contributed by atoms with Crippen LogP contribution in [0.2, 0.25) is 0 Å². The van der Waals surface area contributed by atoms with Crippen molar-refractivity contribution in [2.45, 2.75) is 51.7 Å². The molecule has 1 aromatic rings. The van der Waals surface area contributed by atoms with Crippen molar-refractivity contribution in [2.75, 3.05) is 26.8 Å². The maximum absolute atomic E-state index is 5.89. The number of hydrogen-bond acceptors (Lipinski definition) is 3. The van der Waals surface area contributed by atoms with E-state index >= 15 is 0 Å². The second kappa shape index (κ2) is 13.2. The lowest BCUT2D eigenvalue weighted by Gasteiger charge is -2.13. The monoisotopic (exact) mass is 461 g/mol. The molecule has 0 spiro atoms. The van der Waals surface area contributed by atoms with E-state index in [0.717, 1.165) is 43.4 Å². The van der Waals surface area contributed by atoms with Crippen LogP contribution in [0.1, 0.15) is 44.6 Å². The SMILES string of the molecule is CCNC(=NCc1cccc(OC)c1)NCCCOC1CCCC1.I. The van der Waals surface area contributed by atoms with Crippen molar-refractivity contribution in [3.63, 3.8) is 0 Å². The summed E-state index contributed by atoms with van der Waals surface area (Å²) in [6.45, 7) is 5.25. The molecule has 0 aliphatic heterocycles. The van der Waals surface area contributed by atoms with Gasteiger partial charge in [-0.05, 0) is 43.9 Å². The molecule has 25 heavy (non-hydrogen) atoms. The fourth-order valence-corrected chi connectivity index (χ4v) is 2.87. The number of methoxy groups -OCH3 is 1. The molecule has 0 amide bonds. The fraction of sp³-hybridized carbons (Fsp3) is 0.632. The van der Waals surface area contributed by atoms with Crippen LogP contribution in [0.4, 0.5) is 0 Å². The van der Waals surface area contributed by atoms with Crippen LogP contribution in [0.25, 0.3) is 0 Å². The lowest BCUT2D eigenvalue weighted by molar-refractivity contribution is 0.0574. The Bertz CT molecular complexity index is 505. The van der Waals surface area contributed by atoms with Gasteiger partial charge in [0.15, 0.2) is 5.96 Å². The first kappa shape index (κ1) is 22.0. The van der Waals surface area contributed by atoms with E-state index in [4.69, 9.17) is 9.47 Å². The Labute approximate surface area is 169 Å². The van der Waals surface area contributed by atoms with Gasteiger partial charge in [-0.15, -0.1) is 24.0 Å². The van der Waals surface area contributed by atoms with Crippen molar-refractivity contribution in [2.24, 2.45) is 4.99 Å². The van der Waals surface area contributed by atoms with Crippen LogP contribution in [0.5, 0.6) is 5.75 Å². The average Bonchev–Trinajstić information content (AvgIpc) is 3.13. The zero-order chi connectivity index (χ0) is 17.0. The number of benzene rings is 1. The van der Waals surface area contributed by atoms with E-state index in [0.29, 0.717) is 12.6 Å². The number of nitrogens with zero attached hydrogens (tertiary/aromatic N) is 1. The molecule has 1 fully saturated rings. The molecule has 0 radical (unpaired) electrons. The summed E-state index contributed by atoms with van der Waals surface area (Å²) in [4.78, 5) is 4.63. The molecule has 5 nitrogen and oxygen atoms in total. The molecular weight excluding hydrogens is 429 g/mol. The highest BCUT2D eigenvalue weighted by molar-refractivity contribution is 14.0. The fourth-order valence-electron chi connectivity index (χ4n) is 2.87. The molecule has 2 N–H and O–H groups in total. The third-order valence-electron chi connectivity index (χ3n) is 4.17. The van der Waals surface area contributed by atoms with E-state index in [-0.39, 0.29) is 24.0 Å². The van der Waals surface area contributed by atoms with Gasteiger partial charge >= 0.3 is 0 Å². The first-order valence-electron chi connectivity index (χ1n) is 9.08. The quantitative estimate of drug-likeness (QED) is 0.255. The second-order valence-electron chi connectivity index (χ2n) is 6.10. The minimum Gasteiger partial charge on any atom is -0.497 e. The Kier molecular flexibility index (Phi) is 11.6. The lowest BCUT2D eigenvalue weighted by Crippen LogP contribution is -2.38. The number of hydrogen-bond donors (Lipinski definition) is 2. The van der Waals surface area contributed by atoms with Crippen LogP contribution in [0.15, 0.2) is 29.3 Å².